The minimum Gasteiger partial charge on any atom is -0.480 e. The van der Waals surface area contributed by atoms with E-state index in [1.807, 2.05) is 24.3 Å². The number of rotatable bonds is 5. The zero-order valence-corrected chi connectivity index (χ0v) is 9.98. The van der Waals surface area contributed by atoms with Crippen LogP contribution in [0.1, 0.15) is 0 Å². The molecule has 0 unspecified atom stereocenters. The van der Waals surface area contributed by atoms with Gasteiger partial charge in [0.2, 0.25) is 5.91 Å². The maximum Gasteiger partial charge on any atom is 0.328 e. The average Bonchev–Trinajstić information content (AvgIpc) is 2.79. The molecule has 0 aliphatic rings. The largest absolute Gasteiger partial charge is 0.480 e. The fourth-order valence-electron chi connectivity index (χ4n) is 1.72. The minimum atomic E-state index is -1.29. The van der Waals surface area contributed by atoms with E-state index in [-0.39, 0.29) is 6.54 Å². The lowest BCUT2D eigenvalue weighted by molar-refractivity contribution is -0.143. The number of amides is 1. The zero-order valence-electron chi connectivity index (χ0n) is 9.98. The highest BCUT2D eigenvalue weighted by Crippen LogP contribution is 2.11. The number of fused-ring (bicyclic) bond motifs is 1. The summed E-state index contributed by atoms with van der Waals surface area (Å²) in [5, 5.41) is 19.8. The van der Waals surface area contributed by atoms with Gasteiger partial charge in [0.1, 0.15) is 12.6 Å². The minimum absolute atomic E-state index is 0.0513. The number of nitrogens with one attached hydrogen (secondary N) is 1. The van der Waals surface area contributed by atoms with E-state index < -0.39 is 24.5 Å². The van der Waals surface area contributed by atoms with Gasteiger partial charge in [0.25, 0.3) is 0 Å². The number of aliphatic hydroxyl groups excluding tert-OH is 1. The molecule has 0 radical (unpaired) electrons. The van der Waals surface area contributed by atoms with E-state index >= 15 is 0 Å². The van der Waals surface area contributed by atoms with Gasteiger partial charge < -0.3 is 20.1 Å². The summed E-state index contributed by atoms with van der Waals surface area (Å²) in [4.78, 5) is 26.5. The second kappa shape index (κ2) is 5.49. The molecule has 1 atom stereocenters. The Bertz CT molecular complexity index is 608. The standard InChI is InChI=1S/C12H13N3O4/c16-6-9(12(18)19)14-11(17)5-15-7-13-8-3-1-2-4-10(8)15/h1-4,7,9,16H,5-6H2,(H,14,17)(H,18,19)/t9-/m0/s1. The van der Waals surface area contributed by atoms with Crippen molar-refractivity contribution in [3.8, 4) is 0 Å². The Morgan fingerprint density at radius 2 is 2.11 bits per heavy atom. The highest BCUT2D eigenvalue weighted by atomic mass is 16.4. The molecule has 2 rings (SSSR count). The molecule has 1 heterocycles. The summed E-state index contributed by atoms with van der Waals surface area (Å²) in [6, 6.07) is 6.01. The van der Waals surface area contributed by atoms with Crippen LogP contribution in [-0.2, 0) is 16.1 Å². The normalized spacial score (nSPS) is 12.3. The molecular formula is C12H13N3O4. The third-order valence-electron chi connectivity index (χ3n) is 2.66. The molecule has 0 saturated heterocycles. The second-order valence-electron chi connectivity index (χ2n) is 4.00. The van der Waals surface area contributed by atoms with Crippen LogP contribution in [-0.4, -0.2) is 44.3 Å². The van der Waals surface area contributed by atoms with E-state index in [0.717, 1.165) is 11.0 Å². The van der Waals surface area contributed by atoms with Gasteiger partial charge >= 0.3 is 5.97 Å². The number of imidazole rings is 1. The van der Waals surface area contributed by atoms with Crippen LogP contribution in [0.15, 0.2) is 30.6 Å². The predicted octanol–water partition coefficient (Wildman–Crippen LogP) is -0.402. The molecule has 0 fully saturated rings. The van der Waals surface area contributed by atoms with Gasteiger partial charge in [-0.15, -0.1) is 0 Å². The van der Waals surface area contributed by atoms with Crippen LogP contribution in [0.2, 0.25) is 0 Å². The Morgan fingerprint density at radius 3 is 2.79 bits per heavy atom. The number of carboxylic acid groups (broad SMARTS) is 1. The van der Waals surface area contributed by atoms with Crippen LogP contribution in [0.25, 0.3) is 11.0 Å². The van der Waals surface area contributed by atoms with Gasteiger partial charge in [-0.1, -0.05) is 12.1 Å². The lowest BCUT2D eigenvalue weighted by Crippen LogP contribution is -2.44. The molecule has 1 aromatic heterocycles. The third-order valence-corrected chi connectivity index (χ3v) is 2.66. The number of carbonyl (C=O) groups is 2. The van der Waals surface area contributed by atoms with Crippen molar-refractivity contribution in [1.82, 2.24) is 14.9 Å². The number of hydrogen-bond acceptors (Lipinski definition) is 4. The fourth-order valence-corrected chi connectivity index (χ4v) is 1.72. The van der Waals surface area contributed by atoms with Gasteiger partial charge in [-0.05, 0) is 12.1 Å². The van der Waals surface area contributed by atoms with Gasteiger partial charge in [0.15, 0.2) is 0 Å². The van der Waals surface area contributed by atoms with Crippen LogP contribution in [0.4, 0.5) is 0 Å². The smallest absolute Gasteiger partial charge is 0.328 e. The van der Waals surface area contributed by atoms with Crippen molar-refractivity contribution < 1.29 is 19.8 Å². The Balaban J connectivity index is 2.09. The number of aliphatic carboxylic acids is 1. The molecule has 0 saturated carbocycles. The van der Waals surface area contributed by atoms with Crippen LogP contribution in [0.3, 0.4) is 0 Å². The molecule has 0 spiro atoms. The van der Waals surface area contributed by atoms with E-state index in [9.17, 15) is 9.59 Å². The monoisotopic (exact) mass is 263 g/mol. The van der Waals surface area contributed by atoms with Crippen molar-refractivity contribution in [2.75, 3.05) is 6.61 Å². The number of aromatic nitrogens is 2. The Morgan fingerprint density at radius 1 is 1.37 bits per heavy atom. The second-order valence-corrected chi connectivity index (χ2v) is 4.00. The van der Waals surface area contributed by atoms with Gasteiger partial charge in [-0.2, -0.15) is 0 Å². The first-order chi connectivity index (χ1) is 9.11. The van der Waals surface area contributed by atoms with Crippen LogP contribution >= 0.6 is 0 Å². The molecule has 1 aromatic carbocycles. The molecule has 1 amide bonds. The molecule has 0 aliphatic carbocycles. The summed E-state index contributed by atoms with van der Waals surface area (Å²) in [5.74, 6) is -1.77. The van der Waals surface area contributed by atoms with Gasteiger partial charge in [-0.25, -0.2) is 9.78 Å². The van der Waals surface area contributed by atoms with Crippen molar-refractivity contribution in [1.29, 1.82) is 0 Å². The number of hydrogen-bond donors (Lipinski definition) is 3. The lowest BCUT2D eigenvalue weighted by atomic mass is 10.3. The number of para-hydroxylation sites is 2. The molecule has 100 valence electrons. The van der Waals surface area contributed by atoms with E-state index in [4.69, 9.17) is 10.2 Å². The van der Waals surface area contributed by atoms with Crippen LogP contribution in [0, 0.1) is 0 Å². The highest BCUT2D eigenvalue weighted by molar-refractivity contribution is 5.85. The third kappa shape index (κ3) is 2.89. The van der Waals surface area contributed by atoms with Crippen LogP contribution in [0.5, 0.6) is 0 Å². The van der Waals surface area contributed by atoms with Crippen molar-refractivity contribution in [3.05, 3.63) is 30.6 Å². The summed E-state index contributed by atoms with van der Waals surface area (Å²) < 4.78 is 1.61. The SMILES string of the molecule is O=C(Cn1cnc2ccccc21)N[C@@H](CO)C(=O)O. The topological polar surface area (TPSA) is 104 Å². The maximum atomic E-state index is 11.7. The molecular weight excluding hydrogens is 250 g/mol. The first-order valence-corrected chi connectivity index (χ1v) is 5.64. The van der Waals surface area contributed by atoms with E-state index in [2.05, 4.69) is 10.3 Å². The van der Waals surface area contributed by atoms with Crippen molar-refractivity contribution >= 4 is 22.9 Å². The fraction of sp³-hybridized carbons (Fsp3) is 0.250. The number of benzene rings is 1. The van der Waals surface area contributed by atoms with Crippen molar-refractivity contribution in [2.24, 2.45) is 0 Å². The van der Waals surface area contributed by atoms with Crippen molar-refractivity contribution in [3.63, 3.8) is 0 Å². The maximum absolute atomic E-state index is 11.7. The molecule has 19 heavy (non-hydrogen) atoms. The molecule has 7 nitrogen and oxygen atoms in total. The first-order valence-electron chi connectivity index (χ1n) is 5.64. The van der Waals surface area contributed by atoms with E-state index in [1.54, 1.807) is 4.57 Å². The van der Waals surface area contributed by atoms with Gasteiger partial charge in [0.05, 0.1) is 24.0 Å². The average molecular weight is 263 g/mol. The summed E-state index contributed by atoms with van der Waals surface area (Å²) >= 11 is 0. The van der Waals surface area contributed by atoms with E-state index in [1.165, 1.54) is 6.33 Å². The van der Waals surface area contributed by atoms with E-state index in [0.29, 0.717) is 0 Å². The molecule has 0 bridgehead atoms. The number of nitrogens with zero attached hydrogens (tertiary/aromatic N) is 2. The van der Waals surface area contributed by atoms with Crippen molar-refractivity contribution in [2.45, 2.75) is 12.6 Å². The molecule has 0 aliphatic heterocycles. The number of carbonyl (C=O) groups excluding carboxylic acids is 1. The molecule has 7 heteroatoms. The lowest BCUT2D eigenvalue weighted by Gasteiger charge is -2.12. The summed E-state index contributed by atoms with van der Waals surface area (Å²) in [7, 11) is 0. The van der Waals surface area contributed by atoms with Gasteiger partial charge in [-0.3, -0.25) is 4.79 Å². The Labute approximate surface area is 108 Å². The first kappa shape index (κ1) is 13.0. The molecule has 3 N–H and O–H groups in total. The number of aliphatic hydroxyl groups is 1. The van der Waals surface area contributed by atoms with Gasteiger partial charge in [0, 0.05) is 0 Å². The number of carboxylic acids is 1. The Hall–Kier alpha value is -2.41. The zero-order chi connectivity index (χ0) is 13.8. The summed E-state index contributed by atoms with van der Waals surface area (Å²) in [6.07, 6.45) is 1.51. The summed E-state index contributed by atoms with van der Waals surface area (Å²) in [6.45, 7) is -0.698. The highest BCUT2D eigenvalue weighted by Gasteiger charge is 2.18. The van der Waals surface area contributed by atoms with Crippen LogP contribution < -0.4 is 5.32 Å². The quantitative estimate of drug-likeness (QED) is 0.680. The summed E-state index contributed by atoms with van der Waals surface area (Å²) in [5.41, 5.74) is 1.54. The molecule has 2 aromatic rings. The predicted molar refractivity (Wildman–Crippen MR) is 66.4 cm³/mol. The Kier molecular flexibility index (Phi) is 3.76.